The van der Waals surface area contributed by atoms with Gasteiger partial charge < -0.3 is 9.64 Å². The predicted molar refractivity (Wildman–Crippen MR) is 191 cm³/mol. The number of methoxy groups -OCH3 is 1. The van der Waals surface area contributed by atoms with Crippen molar-refractivity contribution in [2.45, 2.75) is 110 Å². The molecule has 45 heavy (non-hydrogen) atoms. The van der Waals surface area contributed by atoms with Crippen LogP contribution in [0, 0.1) is 11.7 Å². The number of hydrogen-bond acceptors (Lipinski definition) is 4. The van der Waals surface area contributed by atoms with Gasteiger partial charge in [0.1, 0.15) is 0 Å². The lowest BCUT2D eigenvalue weighted by Gasteiger charge is -2.13. The molecule has 2 fully saturated rings. The first-order chi connectivity index (χ1) is 21.9. The van der Waals surface area contributed by atoms with Crippen molar-refractivity contribution >= 4 is 22.2 Å². The summed E-state index contributed by atoms with van der Waals surface area (Å²) < 4.78 is 19.4. The van der Waals surface area contributed by atoms with Gasteiger partial charge in [0.2, 0.25) is 0 Å². The Kier molecular flexibility index (Phi) is 14.6. The number of aliphatic imine (C=N–C) groups is 1. The molecule has 0 radical (unpaired) electrons. The lowest BCUT2D eigenvalue weighted by atomic mass is 10.0. The van der Waals surface area contributed by atoms with Gasteiger partial charge >= 0.3 is 0 Å². The second-order valence-corrected chi connectivity index (χ2v) is 13.4. The third kappa shape index (κ3) is 11.7. The summed E-state index contributed by atoms with van der Waals surface area (Å²) in [6.07, 6.45) is 32.3. The SMILES string of the molecule is CN1CCCCCCCC1.COc1cc2c(/C(C)=C/N=C3/C=C(C=C4CCCC(C)CC4)\C=C/CCCC3)ccnc2cc1F. The summed E-state index contributed by atoms with van der Waals surface area (Å²) in [5.41, 5.74) is 6.54. The number of fused-ring (bicyclic) bond motifs is 1. The largest absolute Gasteiger partial charge is 0.494 e. The van der Waals surface area contributed by atoms with Gasteiger partial charge in [0.25, 0.3) is 0 Å². The standard InChI is InChI=1S/C31H37FN2O.C9H19N/c1-22-9-8-11-24(14-13-22)17-25-10-6-4-5-7-12-26(18-25)34-21-23(2)27-15-16-33-30-20-29(32)31(35-3)19-28(27)30;1-10-8-6-4-2-3-5-7-9-10/h6,10,15-22H,4-5,7-9,11-14H2,1-3H3;2-9H2,1H3/b10-6-,23-21+,24-17?,25-18+,34-26+;. The highest BCUT2D eigenvalue weighted by Gasteiger charge is 2.12. The van der Waals surface area contributed by atoms with E-state index < -0.39 is 5.82 Å². The van der Waals surface area contributed by atoms with E-state index in [2.05, 4.69) is 48.2 Å². The molecule has 244 valence electrons. The second kappa shape index (κ2) is 18.8. The van der Waals surface area contributed by atoms with Gasteiger partial charge in [-0.15, -0.1) is 0 Å². The van der Waals surface area contributed by atoms with Gasteiger partial charge in [0, 0.05) is 29.6 Å². The molecule has 1 aliphatic heterocycles. The van der Waals surface area contributed by atoms with Gasteiger partial charge in [-0.1, -0.05) is 62.8 Å². The second-order valence-electron chi connectivity index (χ2n) is 13.4. The lowest BCUT2D eigenvalue weighted by Crippen LogP contribution is -2.20. The molecule has 0 spiro atoms. The van der Waals surface area contributed by atoms with Crippen LogP contribution in [0.15, 0.2) is 71.0 Å². The molecular formula is C40H56FN3O. The van der Waals surface area contributed by atoms with E-state index in [0.717, 1.165) is 47.4 Å². The van der Waals surface area contributed by atoms with Crippen molar-refractivity contribution in [1.82, 2.24) is 9.88 Å². The maximum Gasteiger partial charge on any atom is 0.167 e. The molecule has 5 heteroatoms. The maximum atomic E-state index is 14.2. The third-order valence-corrected chi connectivity index (χ3v) is 9.41. The normalized spacial score (nSPS) is 24.9. The molecule has 1 saturated carbocycles. The van der Waals surface area contributed by atoms with Crippen LogP contribution in [-0.2, 0) is 0 Å². The highest BCUT2D eigenvalue weighted by molar-refractivity contribution is 5.98. The van der Waals surface area contributed by atoms with E-state index >= 15 is 0 Å². The Morgan fingerprint density at radius 2 is 1.76 bits per heavy atom. The molecule has 2 aromatic rings. The molecule has 1 atom stereocenters. The molecule has 1 saturated heterocycles. The number of benzene rings is 1. The zero-order chi connectivity index (χ0) is 31.9. The van der Waals surface area contributed by atoms with Crippen molar-refractivity contribution in [2.75, 3.05) is 27.2 Å². The minimum Gasteiger partial charge on any atom is -0.494 e. The molecule has 5 rings (SSSR count). The smallest absolute Gasteiger partial charge is 0.167 e. The highest BCUT2D eigenvalue weighted by Crippen LogP contribution is 2.30. The Balaban J connectivity index is 0.000000392. The van der Waals surface area contributed by atoms with E-state index in [9.17, 15) is 4.39 Å². The predicted octanol–water partition coefficient (Wildman–Crippen LogP) is 11.0. The van der Waals surface area contributed by atoms with Crippen molar-refractivity contribution in [3.05, 3.63) is 77.4 Å². The van der Waals surface area contributed by atoms with Gasteiger partial charge in [-0.2, -0.15) is 0 Å². The van der Waals surface area contributed by atoms with Crippen LogP contribution in [0.1, 0.15) is 116 Å². The van der Waals surface area contributed by atoms with Crippen molar-refractivity contribution in [2.24, 2.45) is 10.9 Å². The minimum atomic E-state index is -0.403. The van der Waals surface area contributed by atoms with Gasteiger partial charge in [-0.05, 0) is 132 Å². The van der Waals surface area contributed by atoms with E-state index in [1.165, 1.54) is 109 Å². The molecule has 4 nitrogen and oxygen atoms in total. The molecule has 2 aliphatic carbocycles. The Morgan fingerprint density at radius 1 is 0.978 bits per heavy atom. The molecule has 3 aliphatic rings. The number of halogens is 1. The van der Waals surface area contributed by atoms with Crippen LogP contribution in [0.3, 0.4) is 0 Å². The number of ether oxygens (including phenoxy) is 1. The van der Waals surface area contributed by atoms with Gasteiger partial charge in [0.15, 0.2) is 11.6 Å². The Labute approximate surface area is 272 Å². The highest BCUT2D eigenvalue weighted by atomic mass is 19.1. The van der Waals surface area contributed by atoms with Crippen LogP contribution in [0.4, 0.5) is 4.39 Å². The van der Waals surface area contributed by atoms with Crippen molar-refractivity contribution in [3.8, 4) is 5.75 Å². The zero-order valence-corrected chi connectivity index (χ0v) is 28.4. The van der Waals surface area contributed by atoms with Crippen LogP contribution in [0.5, 0.6) is 5.75 Å². The number of hydrogen-bond donors (Lipinski definition) is 0. The Morgan fingerprint density at radius 3 is 2.53 bits per heavy atom. The quantitative estimate of drug-likeness (QED) is 0.322. The van der Waals surface area contributed by atoms with E-state index in [-0.39, 0.29) is 5.75 Å². The van der Waals surface area contributed by atoms with Crippen LogP contribution in [0.2, 0.25) is 0 Å². The first-order valence-corrected chi connectivity index (χ1v) is 17.5. The summed E-state index contributed by atoms with van der Waals surface area (Å²) in [6.45, 7) is 7.06. The number of rotatable bonds is 4. The summed E-state index contributed by atoms with van der Waals surface area (Å²) in [6, 6.07) is 5.11. The number of allylic oxidation sites excluding steroid dienone is 7. The van der Waals surface area contributed by atoms with Crippen LogP contribution in [0.25, 0.3) is 16.5 Å². The minimum absolute atomic E-state index is 0.224. The molecule has 2 heterocycles. The summed E-state index contributed by atoms with van der Waals surface area (Å²) in [4.78, 5) is 11.7. The summed E-state index contributed by atoms with van der Waals surface area (Å²) >= 11 is 0. The molecule has 1 aromatic heterocycles. The van der Waals surface area contributed by atoms with Crippen LogP contribution in [-0.4, -0.2) is 42.8 Å². The fraction of sp³-hybridized carbons (Fsp3) is 0.550. The van der Waals surface area contributed by atoms with Crippen molar-refractivity contribution in [3.63, 3.8) is 0 Å². The number of aromatic nitrogens is 1. The first kappa shape index (κ1) is 34.8. The van der Waals surface area contributed by atoms with E-state index in [0.29, 0.717) is 5.52 Å². The van der Waals surface area contributed by atoms with Crippen LogP contribution >= 0.6 is 0 Å². The number of pyridine rings is 1. The summed E-state index contributed by atoms with van der Waals surface area (Å²) in [5.74, 6) is 0.652. The summed E-state index contributed by atoms with van der Waals surface area (Å²) in [5, 5.41) is 0.862. The van der Waals surface area contributed by atoms with Gasteiger partial charge in [0.05, 0.1) is 12.6 Å². The fourth-order valence-corrected chi connectivity index (χ4v) is 6.53. The Bertz CT molecular complexity index is 1380. The first-order valence-electron chi connectivity index (χ1n) is 17.5. The molecule has 0 amide bonds. The average molecular weight is 614 g/mol. The van der Waals surface area contributed by atoms with Gasteiger partial charge in [-0.25, -0.2) is 4.39 Å². The zero-order valence-electron chi connectivity index (χ0n) is 28.4. The molecule has 0 N–H and O–H groups in total. The Hall–Kier alpha value is -3.05. The third-order valence-electron chi connectivity index (χ3n) is 9.41. The van der Waals surface area contributed by atoms with Gasteiger partial charge in [-0.3, -0.25) is 9.98 Å². The molecule has 0 bridgehead atoms. The van der Waals surface area contributed by atoms with E-state index in [4.69, 9.17) is 9.73 Å². The van der Waals surface area contributed by atoms with E-state index in [1.54, 1.807) is 17.8 Å². The topological polar surface area (TPSA) is 37.7 Å². The number of nitrogens with zero attached hydrogens (tertiary/aromatic N) is 3. The van der Waals surface area contributed by atoms with E-state index in [1.807, 2.05) is 19.2 Å². The molecule has 1 aromatic carbocycles. The average Bonchev–Trinajstić information content (AvgIpc) is 3.10. The fourth-order valence-electron chi connectivity index (χ4n) is 6.53. The lowest BCUT2D eigenvalue weighted by molar-refractivity contribution is 0.327. The van der Waals surface area contributed by atoms with Crippen molar-refractivity contribution in [1.29, 1.82) is 0 Å². The molecular weight excluding hydrogens is 557 g/mol. The maximum absolute atomic E-state index is 14.2. The van der Waals surface area contributed by atoms with Crippen molar-refractivity contribution < 1.29 is 9.13 Å². The monoisotopic (exact) mass is 613 g/mol. The summed E-state index contributed by atoms with van der Waals surface area (Å²) in [7, 11) is 3.72. The molecule has 1 unspecified atom stereocenters. The van der Waals surface area contributed by atoms with Crippen LogP contribution < -0.4 is 4.74 Å².